The first-order chi connectivity index (χ1) is 18.0. The molecule has 204 valence electrons. The Kier molecular flexibility index (Phi) is 8.01. The van der Waals surface area contributed by atoms with Gasteiger partial charge in [-0.2, -0.15) is 0 Å². The maximum Gasteiger partial charge on any atom is 0.412 e. The Hall–Kier alpha value is -3.53. The molecule has 1 unspecified atom stereocenters. The summed E-state index contributed by atoms with van der Waals surface area (Å²) in [5.74, 6) is -0.810. The maximum atomic E-state index is 13.5. The monoisotopic (exact) mass is 547 g/mol. The molecule has 2 aliphatic heterocycles. The number of hydrogen-bond acceptors (Lipinski definition) is 6. The van der Waals surface area contributed by atoms with E-state index in [-0.39, 0.29) is 55.4 Å². The molecule has 1 fully saturated rings. The van der Waals surface area contributed by atoms with E-state index < -0.39 is 17.6 Å². The number of carbonyl (C=O) groups excluding carboxylic acids is 2. The molecule has 2 heterocycles. The Balaban J connectivity index is 1.53. The van der Waals surface area contributed by atoms with Crippen molar-refractivity contribution in [3.05, 3.63) is 52.8 Å². The van der Waals surface area contributed by atoms with Crippen LogP contribution in [0.3, 0.4) is 0 Å². The summed E-state index contributed by atoms with van der Waals surface area (Å²) in [6.07, 6.45) is -1.22. The van der Waals surface area contributed by atoms with Crippen LogP contribution in [0, 0.1) is 11.2 Å². The number of halogens is 2. The summed E-state index contributed by atoms with van der Waals surface area (Å²) in [6.45, 7) is 2.31. The number of carboxylic acid groups (broad SMARTS) is 1. The molecule has 1 N–H and O–H groups in total. The average Bonchev–Trinajstić information content (AvgIpc) is 2.89. The Morgan fingerprint density at radius 2 is 1.84 bits per heavy atom. The quantitative estimate of drug-likeness (QED) is 0.541. The molecule has 2 amide bonds. The fourth-order valence-electron chi connectivity index (χ4n) is 5.03. The summed E-state index contributed by atoms with van der Waals surface area (Å²) in [7, 11) is 3.59. The molecule has 1 atom stereocenters. The lowest BCUT2D eigenvalue weighted by atomic mass is 9.73. The highest BCUT2D eigenvalue weighted by Crippen LogP contribution is 2.42. The highest BCUT2D eigenvalue weighted by Gasteiger charge is 2.45. The third-order valence-corrected chi connectivity index (χ3v) is 7.42. The number of amides is 2. The first kappa shape index (κ1) is 27.5. The van der Waals surface area contributed by atoms with Crippen LogP contribution in [0.4, 0.5) is 20.6 Å². The van der Waals surface area contributed by atoms with Crippen LogP contribution in [0.5, 0.6) is 5.75 Å². The molecule has 4 rings (SSSR count). The van der Waals surface area contributed by atoms with E-state index in [4.69, 9.17) is 21.1 Å². The molecule has 2 aromatic rings. The third-order valence-electron chi connectivity index (χ3n) is 7.12. The van der Waals surface area contributed by atoms with Crippen LogP contribution in [0.15, 0.2) is 36.4 Å². The van der Waals surface area contributed by atoms with Gasteiger partial charge in [0.2, 0.25) is 0 Å². The normalized spacial score (nSPS) is 18.3. The van der Waals surface area contributed by atoms with Gasteiger partial charge in [0.05, 0.1) is 35.0 Å². The van der Waals surface area contributed by atoms with Crippen molar-refractivity contribution in [1.82, 2.24) is 4.90 Å². The molecule has 38 heavy (non-hydrogen) atoms. The van der Waals surface area contributed by atoms with E-state index in [1.807, 2.05) is 0 Å². The first-order valence-corrected chi connectivity index (χ1v) is 12.8. The standard InChI is InChI=1S/C27H31ClFN3O6/c1-4-37-25(34)27(15-17-5-7-18(29)8-6-17)9-11-31(12-10-27)24(33)23-16-32(26(35)36)21-13-19(28)20(30(2)3)14-22(21)38-23/h5-8,13-14,23H,4,9-12,15-16H2,1-3H3,(H,35,36). The number of likely N-dealkylation sites (tertiary alicyclic amines) is 1. The highest BCUT2D eigenvalue weighted by molar-refractivity contribution is 6.33. The van der Waals surface area contributed by atoms with Crippen molar-refractivity contribution < 1.29 is 33.4 Å². The second kappa shape index (κ2) is 11.1. The van der Waals surface area contributed by atoms with Gasteiger partial charge in [-0.25, -0.2) is 9.18 Å². The topological polar surface area (TPSA) is 99.6 Å². The molecule has 1 saturated heterocycles. The number of nitrogens with zero attached hydrogens (tertiary/aromatic N) is 3. The van der Waals surface area contributed by atoms with Crippen molar-refractivity contribution >= 4 is 40.9 Å². The Labute approximate surface area is 225 Å². The van der Waals surface area contributed by atoms with Gasteiger partial charge in [0, 0.05) is 33.3 Å². The lowest BCUT2D eigenvalue weighted by molar-refractivity contribution is -0.161. The van der Waals surface area contributed by atoms with Crippen LogP contribution < -0.4 is 14.5 Å². The number of hydrogen-bond donors (Lipinski definition) is 1. The molecular formula is C27H31ClFN3O6. The summed E-state index contributed by atoms with van der Waals surface area (Å²) < 4.78 is 24.8. The molecule has 0 spiro atoms. The van der Waals surface area contributed by atoms with Crippen molar-refractivity contribution in [2.75, 3.05) is 50.1 Å². The Bertz CT molecular complexity index is 1210. The SMILES string of the molecule is CCOC(=O)C1(Cc2ccc(F)cc2)CCN(C(=O)C2CN(C(=O)O)c3cc(Cl)c(N(C)C)cc3O2)CC1. The molecular weight excluding hydrogens is 517 g/mol. The number of piperidine rings is 1. The van der Waals surface area contributed by atoms with Gasteiger partial charge in [-0.1, -0.05) is 23.7 Å². The van der Waals surface area contributed by atoms with Crippen molar-refractivity contribution in [3.63, 3.8) is 0 Å². The molecule has 11 heteroatoms. The van der Waals surface area contributed by atoms with Gasteiger partial charge in [-0.15, -0.1) is 0 Å². The average molecular weight is 548 g/mol. The van der Waals surface area contributed by atoms with Crippen LogP contribution in [-0.2, 0) is 20.7 Å². The first-order valence-electron chi connectivity index (χ1n) is 12.4. The summed E-state index contributed by atoms with van der Waals surface area (Å²) in [4.78, 5) is 43.0. The van der Waals surface area contributed by atoms with E-state index in [1.165, 1.54) is 18.2 Å². The van der Waals surface area contributed by atoms with Crippen molar-refractivity contribution in [2.45, 2.75) is 32.3 Å². The van der Waals surface area contributed by atoms with Gasteiger partial charge in [0.1, 0.15) is 11.6 Å². The zero-order valence-corrected chi connectivity index (χ0v) is 22.3. The summed E-state index contributed by atoms with van der Waals surface area (Å²) in [5.41, 5.74) is 0.854. The van der Waals surface area contributed by atoms with E-state index in [2.05, 4.69) is 0 Å². The number of ether oxygens (including phenoxy) is 2. The summed E-state index contributed by atoms with van der Waals surface area (Å²) in [6, 6.07) is 9.15. The van der Waals surface area contributed by atoms with Gasteiger partial charge in [-0.3, -0.25) is 14.5 Å². The number of esters is 1. The Morgan fingerprint density at radius 3 is 2.42 bits per heavy atom. The fraction of sp³-hybridized carbons (Fsp3) is 0.444. The number of rotatable bonds is 6. The van der Waals surface area contributed by atoms with E-state index in [0.29, 0.717) is 30.0 Å². The third kappa shape index (κ3) is 5.50. The number of benzene rings is 2. The van der Waals surface area contributed by atoms with Crippen LogP contribution in [-0.4, -0.2) is 74.4 Å². The van der Waals surface area contributed by atoms with E-state index in [9.17, 15) is 23.9 Å². The van der Waals surface area contributed by atoms with Gasteiger partial charge in [0.25, 0.3) is 5.91 Å². The number of fused-ring (bicyclic) bond motifs is 1. The smallest absolute Gasteiger partial charge is 0.412 e. The van der Waals surface area contributed by atoms with Crippen LogP contribution >= 0.6 is 11.6 Å². The second-order valence-corrected chi connectivity index (χ2v) is 10.2. The molecule has 2 aliphatic rings. The molecule has 0 bridgehead atoms. The largest absolute Gasteiger partial charge is 0.476 e. The van der Waals surface area contributed by atoms with Gasteiger partial charge < -0.3 is 24.4 Å². The zero-order chi connectivity index (χ0) is 27.6. The van der Waals surface area contributed by atoms with Crippen molar-refractivity contribution in [1.29, 1.82) is 0 Å². The van der Waals surface area contributed by atoms with Gasteiger partial charge in [-0.05, 0) is 49.9 Å². The predicted molar refractivity (Wildman–Crippen MR) is 141 cm³/mol. The van der Waals surface area contributed by atoms with E-state index in [0.717, 1.165) is 10.5 Å². The molecule has 0 aliphatic carbocycles. The summed E-state index contributed by atoms with van der Waals surface area (Å²) >= 11 is 6.34. The van der Waals surface area contributed by atoms with Crippen molar-refractivity contribution in [3.8, 4) is 5.75 Å². The predicted octanol–water partition coefficient (Wildman–Crippen LogP) is 4.21. The maximum absolute atomic E-state index is 13.5. The van der Waals surface area contributed by atoms with E-state index in [1.54, 1.807) is 49.0 Å². The fourth-order valence-corrected chi connectivity index (χ4v) is 5.36. The highest BCUT2D eigenvalue weighted by atomic mass is 35.5. The van der Waals surface area contributed by atoms with Gasteiger partial charge >= 0.3 is 12.1 Å². The van der Waals surface area contributed by atoms with Crippen LogP contribution in [0.25, 0.3) is 0 Å². The molecule has 0 radical (unpaired) electrons. The Morgan fingerprint density at radius 1 is 1.18 bits per heavy atom. The van der Waals surface area contributed by atoms with Gasteiger partial charge in [0.15, 0.2) is 6.10 Å². The minimum absolute atomic E-state index is 0.187. The number of carbonyl (C=O) groups is 3. The molecule has 2 aromatic carbocycles. The molecule has 9 nitrogen and oxygen atoms in total. The lowest BCUT2D eigenvalue weighted by Gasteiger charge is -2.42. The minimum Gasteiger partial charge on any atom is -0.476 e. The summed E-state index contributed by atoms with van der Waals surface area (Å²) in [5, 5.41) is 10.2. The lowest BCUT2D eigenvalue weighted by Crippen LogP contribution is -2.55. The zero-order valence-electron chi connectivity index (χ0n) is 21.6. The minimum atomic E-state index is -1.22. The molecule has 0 saturated carbocycles. The molecule has 0 aromatic heterocycles. The van der Waals surface area contributed by atoms with Crippen molar-refractivity contribution in [2.24, 2.45) is 5.41 Å². The van der Waals surface area contributed by atoms with E-state index >= 15 is 0 Å². The van der Waals surface area contributed by atoms with Crippen LogP contribution in [0.1, 0.15) is 25.3 Å². The number of anilines is 2. The van der Waals surface area contributed by atoms with Crippen LogP contribution in [0.2, 0.25) is 5.02 Å². The second-order valence-electron chi connectivity index (χ2n) is 9.79.